The largest absolute Gasteiger partial charge is 0.507 e. The minimum absolute atomic E-state index is 0.0134. The monoisotopic (exact) mass is 419 g/mol. The van der Waals surface area contributed by atoms with Gasteiger partial charge in [0.2, 0.25) is 0 Å². The highest BCUT2D eigenvalue weighted by atomic mass is 35.5. The van der Waals surface area contributed by atoms with Gasteiger partial charge in [-0.3, -0.25) is 14.5 Å². The van der Waals surface area contributed by atoms with Gasteiger partial charge in [0, 0.05) is 10.6 Å². The Hall–Kier alpha value is -3.57. The molecule has 0 aromatic heterocycles. The highest BCUT2D eigenvalue weighted by molar-refractivity contribution is 6.52. The molecule has 0 bridgehead atoms. The van der Waals surface area contributed by atoms with Crippen molar-refractivity contribution in [3.05, 3.63) is 101 Å². The third kappa shape index (κ3) is 3.33. The molecule has 1 fully saturated rings. The van der Waals surface area contributed by atoms with E-state index >= 15 is 0 Å². The van der Waals surface area contributed by atoms with E-state index in [1.165, 1.54) is 12.0 Å². The Labute approximate surface area is 178 Å². The fourth-order valence-electron chi connectivity index (χ4n) is 3.62. The van der Waals surface area contributed by atoms with Gasteiger partial charge in [-0.25, -0.2) is 0 Å². The Morgan fingerprint density at radius 3 is 2.23 bits per heavy atom. The first-order valence-electron chi connectivity index (χ1n) is 9.28. The van der Waals surface area contributed by atoms with Crippen LogP contribution in [-0.2, 0) is 9.59 Å². The molecule has 0 saturated carbocycles. The van der Waals surface area contributed by atoms with Crippen LogP contribution in [0.25, 0.3) is 5.76 Å². The van der Waals surface area contributed by atoms with Gasteiger partial charge in [-0.2, -0.15) is 0 Å². The van der Waals surface area contributed by atoms with E-state index in [1.807, 2.05) is 30.3 Å². The standard InChI is InChI=1S/C24H18ClNO4/c1-30-19-10-6-5-9-18(19)26-21(15-7-3-2-4-8-15)20(23(28)24(26)29)22(27)16-11-13-17(25)14-12-16/h2-14,21,27H,1H3/b22-20+. The quantitative estimate of drug-likeness (QED) is 0.368. The Kier molecular flexibility index (Phi) is 5.29. The van der Waals surface area contributed by atoms with Crippen LogP contribution in [0.5, 0.6) is 5.75 Å². The number of amides is 1. The van der Waals surface area contributed by atoms with Gasteiger partial charge in [-0.15, -0.1) is 0 Å². The molecule has 1 atom stereocenters. The summed E-state index contributed by atoms with van der Waals surface area (Å²) in [5, 5.41) is 11.5. The molecule has 1 N–H and O–H groups in total. The minimum Gasteiger partial charge on any atom is -0.507 e. The van der Waals surface area contributed by atoms with E-state index in [0.29, 0.717) is 27.6 Å². The minimum atomic E-state index is -0.807. The van der Waals surface area contributed by atoms with Crippen molar-refractivity contribution in [3.8, 4) is 5.75 Å². The Morgan fingerprint density at radius 1 is 0.933 bits per heavy atom. The summed E-state index contributed by atoms with van der Waals surface area (Å²) >= 11 is 5.95. The molecule has 1 aliphatic heterocycles. The van der Waals surface area contributed by atoms with Crippen molar-refractivity contribution in [2.45, 2.75) is 6.04 Å². The number of nitrogens with zero attached hydrogens (tertiary/aromatic N) is 1. The molecule has 1 heterocycles. The molecular weight excluding hydrogens is 402 g/mol. The first kappa shape index (κ1) is 19.7. The number of aliphatic hydroxyl groups is 1. The van der Waals surface area contributed by atoms with Crippen LogP contribution in [0.2, 0.25) is 5.02 Å². The molecule has 1 saturated heterocycles. The second kappa shape index (κ2) is 8.05. The van der Waals surface area contributed by atoms with Crippen molar-refractivity contribution in [1.82, 2.24) is 0 Å². The number of aliphatic hydroxyl groups excluding tert-OH is 1. The SMILES string of the molecule is COc1ccccc1N1C(=O)C(=O)/C(=C(/O)c2ccc(Cl)cc2)C1c1ccccc1. The Morgan fingerprint density at radius 2 is 1.57 bits per heavy atom. The molecule has 6 heteroatoms. The molecule has 3 aromatic carbocycles. The normalized spacial score (nSPS) is 17.9. The summed E-state index contributed by atoms with van der Waals surface area (Å²) in [6, 6.07) is 21.7. The van der Waals surface area contributed by atoms with Crippen molar-refractivity contribution in [2.75, 3.05) is 12.0 Å². The number of rotatable bonds is 4. The first-order valence-corrected chi connectivity index (χ1v) is 9.65. The van der Waals surface area contributed by atoms with Crippen molar-refractivity contribution in [1.29, 1.82) is 0 Å². The van der Waals surface area contributed by atoms with E-state index in [-0.39, 0.29) is 11.3 Å². The zero-order valence-electron chi connectivity index (χ0n) is 16.1. The molecule has 1 unspecified atom stereocenters. The molecule has 30 heavy (non-hydrogen) atoms. The van der Waals surface area contributed by atoms with Gasteiger partial charge < -0.3 is 9.84 Å². The van der Waals surface area contributed by atoms with Crippen LogP contribution in [0.3, 0.4) is 0 Å². The van der Waals surface area contributed by atoms with Gasteiger partial charge in [-0.05, 0) is 42.0 Å². The second-order valence-corrected chi connectivity index (χ2v) is 7.19. The van der Waals surface area contributed by atoms with E-state index in [0.717, 1.165) is 0 Å². The topological polar surface area (TPSA) is 66.8 Å². The highest BCUT2D eigenvalue weighted by Gasteiger charge is 2.47. The summed E-state index contributed by atoms with van der Waals surface area (Å²) in [4.78, 5) is 27.6. The summed E-state index contributed by atoms with van der Waals surface area (Å²) in [7, 11) is 1.50. The molecule has 1 amide bonds. The van der Waals surface area contributed by atoms with Crippen LogP contribution in [-0.4, -0.2) is 23.9 Å². The fourth-order valence-corrected chi connectivity index (χ4v) is 3.75. The van der Waals surface area contributed by atoms with Gasteiger partial charge in [-0.1, -0.05) is 54.1 Å². The number of anilines is 1. The molecular formula is C24H18ClNO4. The summed E-state index contributed by atoms with van der Waals surface area (Å²) < 4.78 is 5.42. The molecule has 0 radical (unpaired) electrons. The maximum Gasteiger partial charge on any atom is 0.300 e. The van der Waals surface area contributed by atoms with Crippen molar-refractivity contribution >= 4 is 34.7 Å². The lowest BCUT2D eigenvalue weighted by atomic mass is 9.95. The molecule has 0 spiro atoms. The number of hydrogen-bond donors (Lipinski definition) is 1. The molecule has 4 rings (SSSR count). The van der Waals surface area contributed by atoms with Crippen LogP contribution in [0.1, 0.15) is 17.2 Å². The van der Waals surface area contributed by atoms with Crippen LogP contribution in [0.4, 0.5) is 5.69 Å². The number of para-hydroxylation sites is 2. The number of ketones is 1. The van der Waals surface area contributed by atoms with Gasteiger partial charge in [0.15, 0.2) is 0 Å². The predicted molar refractivity (Wildman–Crippen MR) is 116 cm³/mol. The Balaban J connectivity index is 1.96. The van der Waals surface area contributed by atoms with Gasteiger partial charge in [0.1, 0.15) is 11.5 Å². The predicted octanol–water partition coefficient (Wildman–Crippen LogP) is 4.97. The molecule has 3 aromatic rings. The zero-order chi connectivity index (χ0) is 21.3. The van der Waals surface area contributed by atoms with E-state index < -0.39 is 17.7 Å². The molecule has 5 nitrogen and oxygen atoms in total. The van der Waals surface area contributed by atoms with Gasteiger partial charge in [0.25, 0.3) is 11.7 Å². The lowest BCUT2D eigenvalue weighted by Crippen LogP contribution is -2.29. The van der Waals surface area contributed by atoms with Gasteiger partial charge >= 0.3 is 0 Å². The van der Waals surface area contributed by atoms with E-state index in [9.17, 15) is 14.7 Å². The van der Waals surface area contributed by atoms with Crippen molar-refractivity contribution in [3.63, 3.8) is 0 Å². The van der Waals surface area contributed by atoms with Crippen LogP contribution >= 0.6 is 11.6 Å². The molecule has 0 aliphatic carbocycles. The maximum atomic E-state index is 13.1. The van der Waals surface area contributed by atoms with Gasteiger partial charge in [0.05, 0.1) is 24.4 Å². The van der Waals surface area contributed by atoms with Crippen LogP contribution in [0, 0.1) is 0 Å². The maximum absolute atomic E-state index is 13.1. The Bertz CT molecular complexity index is 1140. The summed E-state index contributed by atoms with van der Waals surface area (Å²) in [5.41, 5.74) is 1.56. The van der Waals surface area contributed by atoms with Crippen LogP contribution < -0.4 is 9.64 Å². The molecule has 150 valence electrons. The summed E-state index contributed by atoms with van der Waals surface area (Å²) in [5.74, 6) is -1.30. The number of methoxy groups -OCH3 is 1. The summed E-state index contributed by atoms with van der Waals surface area (Å²) in [6.45, 7) is 0. The van der Waals surface area contributed by atoms with Crippen molar-refractivity contribution < 1.29 is 19.4 Å². The molecule has 1 aliphatic rings. The number of carbonyl (C=O) groups excluding carboxylic acids is 2. The number of ether oxygens (including phenoxy) is 1. The van der Waals surface area contributed by atoms with Crippen molar-refractivity contribution in [2.24, 2.45) is 0 Å². The number of halogens is 1. The average molecular weight is 420 g/mol. The highest BCUT2D eigenvalue weighted by Crippen LogP contribution is 2.44. The van der Waals surface area contributed by atoms with Crippen LogP contribution in [0.15, 0.2) is 84.4 Å². The average Bonchev–Trinajstić information content (AvgIpc) is 3.05. The third-order valence-electron chi connectivity index (χ3n) is 5.02. The summed E-state index contributed by atoms with van der Waals surface area (Å²) in [6.07, 6.45) is 0. The first-order chi connectivity index (χ1) is 14.5. The lowest BCUT2D eigenvalue weighted by molar-refractivity contribution is -0.132. The number of Topliss-reactive ketones (excluding diaryl/α,β-unsaturated/α-hetero) is 1. The zero-order valence-corrected chi connectivity index (χ0v) is 16.8. The fraction of sp³-hybridized carbons (Fsp3) is 0.0833. The van der Waals surface area contributed by atoms with E-state index in [1.54, 1.807) is 48.5 Å². The second-order valence-electron chi connectivity index (χ2n) is 6.76. The lowest BCUT2D eigenvalue weighted by Gasteiger charge is -2.26. The van der Waals surface area contributed by atoms with E-state index in [2.05, 4.69) is 0 Å². The number of carbonyl (C=O) groups is 2. The third-order valence-corrected chi connectivity index (χ3v) is 5.27. The number of benzene rings is 3. The smallest absolute Gasteiger partial charge is 0.300 e. The van der Waals surface area contributed by atoms with E-state index in [4.69, 9.17) is 16.3 Å². The number of hydrogen-bond acceptors (Lipinski definition) is 4.